The molecule has 0 saturated heterocycles. The van der Waals surface area contributed by atoms with Gasteiger partial charge >= 0.3 is 5.97 Å². The van der Waals surface area contributed by atoms with Crippen LogP contribution >= 0.6 is 11.3 Å². The van der Waals surface area contributed by atoms with Crippen molar-refractivity contribution in [2.75, 3.05) is 17.2 Å². The van der Waals surface area contributed by atoms with E-state index in [0.717, 1.165) is 16.9 Å². The van der Waals surface area contributed by atoms with Gasteiger partial charge in [-0.2, -0.15) is 0 Å². The number of aryl methyl sites for hydroxylation is 1. The van der Waals surface area contributed by atoms with E-state index in [0.29, 0.717) is 38.9 Å². The largest absolute Gasteiger partial charge is 0.481 e. The predicted molar refractivity (Wildman–Crippen MR) is 177 cm³/mol. The first-order chi connectivity index (χ1) is 21.8. The lowest BCUT2D eigenvalue weighted by atomic mass is 10.0. The predicted octanol–water partition coefficient (Wildman–Crippen LogP) is 8.35. The zero-order chi connectivity index (χ0) is 31.8. The van der Waals surface area contributed by atoms with Gasteiger partial charge in [-0.3, -0.25) is 9.59 Å². The van der Waals surface area contributed by atoms with E-state index in [9.17, 15) is 14.4 Å². The number of hydrogen-bond donors (Lipinski definition) is 2. The van der Waals surface area contributed by atoms with Crippen molar-refractivity contribution < 1.29 is 28.6 Å². The van der Waals surface area contributed by atoms with E-state index in [1.54, 1.807) is 62.4 Å². The van der Waals surface area contributed by atoms with Crippen molar-refractivity contribution in [2.24, 2.45) is 0 Å². The first-order valence-electron chi connectivity index (χ1n) is 14.4. The molecule has 0 aliphatic carbocycles. The molecule has 0 aliphatic rings. The lowest BCUT2D eigenvalue weighted by molar-refractivity contribution is -0.122. The van der Waals surface area contributed by atoms with Gasteiger partial charge in [-0.25, -0.2) is 4.79 Å². The molecule has 5 rings (SSSR count). The Balaban J connectivity index is 1.19. The smallest absolute Gasteiger partial charge is 0.341 e. The number of ether oxygens (including phenoxy) is 3. The molecular weight excluding hydrogens is 588 g/mol. The van der Waals surface area contributed by atoms with Gasteiger partial charge in [0.05, 0.1) is 6.61 Å². The second-order valence-corrected chi connectivity index (χ2v) is 11.0. The topological polar surface area (TPSA) is 103 Å². The number of nitrogens with one attached hydrogen (secondary N) is 2. The summed E-state index contributed by atoms with van der Waals surface area (Å²) in [6, 6.07) is 30.7. The van der Waals surface area contributed by atoms with E-state index >= 15 is 0 Å². The van der Waals surface area contributed by atoms with Crippen molar-refractivity contribution in [3.63, 3.8) is 0 Å². The average molecular weight is 621 g/mol. The molecule has 2 amide bonds. The second kappa shape index (κ2) is 14.4. The minimum atomic E-state index is -0.802. The number of para-hydroxylation sites is 1. The molecule has 1 heterocycles. The number of rotatable bonds is 11. The van der Waals surface area contributed by atoms with Gasteiger partial charge in [0, 0.05) is 22.2 Å². The van der Waals surface area contributed by atoms with Crippen LogP contribution in [0.3, 0.4) is 0 Å². The zero-order valence-corrected chi connectivity index (χ0v) is 25.9. The molecule has 1 atom stereocenters. The summed E-state index contributed by atoms with van der Waals surface area (Å²) < 4.78 is 16.9. The Labute approximate surface area is 265 Å². The molecule has 228 valence electrons. The van der Waals surface area contributed by atoms with Crippen LogP contribution in [0.4, 0.5) is 10.7 Å². The van der Waals surface area contributed by atoms with E-state index in [4.69, 9.17) is 14.2 Å². The lowest BCUT2D eigenvalue weighted by Gasteiger charge is -2.15. The van der Waals surface area contributed by atoms with Crippen molar-refractivity contribution in [3.8, 4) is 28.4 Å². The Hall–Kier alpha value is -5.41. The summed E-state index contributed by atoms with van der Waals surface area (Å²) in [5.74, 6) is 0.565. The van der Waals surface area contributed by atoms with Gasteiger partial charge in [0.2, 0.25) is 0 Å². The van der Waals surface area contributed by atoms with E-state index in [1.807, 2.05) is 66.9 Å². The van der Waals surface area contributed by atoms with Gasteiger partial charge in [0.1, 0.15) is 27.8 Å². The summed E-state index contributed by atoms with van der Waals surface area (Å²) in [4.78, 5) is 38.8. The van der Waals surface area contributed by atoms with Crippen LogP contribution in [0.2, 0.25) is 0 Å². The molecule has 0 radical (unpaired) electrons. The molecule has 1 unspecified atom stereocenters. The number of carbonyl (C=O) groups is 3. The van der Waals surface area contributed by atoms with Gasteiger partial charge in [-0.1, -0.05) is 48.0 Å². The normalized spacial score (nSPS) is 11.3. The summed E-state index contributed by atoms with van der Waals surface area (Å²) in [5.41, 5.74) is 3.93. The number of carbonyl (C=O) groups excluding carboxylic acids is 3. The van der Waals surface area contributed by atoms with Gasteiger partial charge in [-0.05, 0) is 87.0 Å². The Morgan fingerprint density at radius 1 is 0.778 bits per heavy atom. The van der Waals surface area contributed by atoms with E-state index < -0.39 is 18.0 Å². The first-order valence-corrected chi connectivity index (χ1v) is 15.3. The molecular formula is C36H32N2O6S. The maximum atomic E-state index is 13.1. The monoisotopic (exact) mass is 620 g/mol. The Morgan fingerprint density at radius 3 is 2.09 bits per heavy atom. The summed E-state index contributed by atoms with van der Waals surface area (Å²) in [5, 5.41) is 7.92. The van der Waals surface area contributed by atoms with Gasteiger partial charge < -0.3 is 24.8 Å². The molecule has 45 heavy (non-hydrogen) atoms. The standard InChI is InChI=1S/C36H32N2O6S/c1-4-42-36(41)32-31(25-12-10-23(2)11-13-25)22-45-35(32)38-34(40)26-14-18-29(19-15-26)43-24(3)33(39)37-27-16-20-30(21-17-27)44-28-8-6-5-7-9-28/h5-22,24H,4H2,1-3H3,(H,37,39)(H,38,40). The molecule has 0 spiro atoms. The Bertz CT molecular complexity index is 1770. The minimum Gasteiger partial charge on any atom is -0.481 e. The van der Waals surface area contributed by atoms with Gasteiger partial charge in [-0.15, -0.1) is 11.3 Å². The van der Waals surface area contributed by atoms with Crippen molar-refractivity contribution in [1.82, 2.24) is 0 Å². The summed E-state index contributed by atoms with van der Waals surface area (Å²) in [6.45, 7) is 5.58. The highest BCUT2D eigenvalue weighted by molar-refractivity contribution is 7.15. The highest BCUT2D eigenvalue weighted by atomic mass is 32.1. The second-order valence-electron chi connectivity index (χ2n) is 10.1. The molecule has 0 saturated carbocycles. The first kappa shape index (κ1) is 31.0. The third-order valence-corrected chi connectivity index (χ3v) is 7.66. The fourth-order valence-corrected chi connectivity index (χ4v) is 5.35. The van der Waals surface area contributed by atoms with E-state index in [1.165, 1.54) is 11.3 Å². The third-order valence-electron chi connectivity index (χ3n) is 6.76. The van der Waals surface area contributed by atoms with Crippen molar-refractivity contribution in [2.45, 2.75) is 26.9 Å². The van der Waals surface area contributed by atoms with Crippen LogP contribution in [-0.4, -0.2) is 30.5 Å². The van der Waals surface area contributed by atoms with Crippen molar-refractivity contribution >= 4 is 39.8 Å². The van der Waals surface area contributed by atoms with Crippen LogP contribution in [0.15, 0.2) is 109 Å². The highest BCUT2D eigenvalue weighted by Crippen LogP contribution is 2.36. The molecule has 1 aromatic heterocycles. The number of esters is 1. The SMILES string of the molecule is CCOC(=O)c1c(-c2ccc(C)cc2)csc1NC(=O)c1ccc(OC(C)C(=O)Nc2ccc(Oc3ccccc3)cc2)cc1. The highest BCUT2D eigenvalue weighted by Gasteiger charge is 2.23. The summed E-state index contributed by atoms with van der Waals surface area (Å²) >= 11 is 1.26. The molecule has 0 bridgehead atoms. The Kier molecular flexibility index (Phi) is 9.91. The van der Waals surface area contributed by atoms with Gasteiger partial charge in [0.15, 0.2) is 6.10 Å². The van der Waals surface area contributed by atoms with Crippen LogP contribution in [0.5, 0.6) is 17.2 Å². The summed E-state index contributed by atoms with van der Waals surface area (Å²) in [7, 11) is 0. The lowest BCUT2D eigenvalue weighted by Crippen LogP contribution is -2.30. The van der Waals surface area contributed by atoms with E-state index in [-0.39, 0.29) is 12.5 Å². The number of amides is 2. The maximum Gasteiger partial charge on any atom is 0.341 e. The van der Waals surface area contributed by atoms with Gasteiger partial charge in [0.25, 0.3) is 11.8 Å². The Morgan fingerprint density at radius 2 is 1.42 bits per heavy atom. The zero-order valence-electron chi connectivity index (χ0n) is 25.0. The number of thiophene rings is 1. The molecule has 9 heteroatoms. The van der Waals surface area contributed by atoms with E-state index in [2.05, 4.69) is 10.6 Å². The molecule has 0 aliphatic heterocycles. The van der Waals surface area contributed by atoms with Crippen LogP contribution < -0.4 is 20.1 Å². The quantitative estimate of drug-likeness (QED) is 0.144. The minimum absolute atomic E-state index is 0.212. The molecule has 0 fully saturated rings. The molecule has 5 aromatic rings. The van der Waals surface area contributed by atoms with Crippen molar-refractivity contribution in [3.05, 3.63) is 125 Å². The number of hydrogen-bond acceptors (Lipinski definition) is 7. The number of anilines is 2. The third kappa shape index (κ3) is 7.95. The van der Waals surface area contributed by atoms with Crippen LogP contribution in [0.1, 0.15) is 40.1 Å². The molecule has 2 N–H and O–H groups in total. The fourth-order valence-electron chi connectivity index (χ4n) is 4.39. The van der Waals surface area contributed by atoms with Crippen LogP contribution in [0, 0.1) is 6.92 Å². The molecule has 8 nitrogen and oxygen atoms in total. The van der Waals surface area contributed by atoms with Crippen LogP contribution in [0.25, 0.3) is 11.1 Å². The van der Waals surface area contributed by atoms with Crippen molar-refractivity contribution in [1.29, 1.82) is 0 Å². The molecule has 4 aromatic carbocycles. The maximum absolute atomic E-state index is 13.1. The average Bonchev–Trinajstić information content (AvgIpc) is 3.46. The van der Waals surface area contributed by atoms with Crippen LogP contribution in [-0.2, 0) is 9.53 Å². The number of benzene rings is 4. The fraction of sp³-hybridized carbons (Fsp3) is 0.139. The summed E-state index contributed by atoms with van der Waals surface area (Å²) in [6.07, 6.45) is -0.802.